The molecule has 0 bridgehead atoms. The minimum absolute atomic E-state index is 0.0720. The average Bonchev–Trinajstić information content (AvgIpc) is 2.87. The first-order chi connectivity index (χ1) is 17.2. The zero-order valence-electron chi connectivity index (χ0n) is 19.5. The molecule has 36 heavy (non-hydrogen) atoms. The van der Waals surface area contributed by atoms with Crippen molar-refractivity contribution in [1.29, 1.82) is 0 Å². The van der Waals surface area contributed by atoms with Gasteiger partial charge in [-0.3, -0.25) is 14.6 Å². The molecule has 0 saturated carbocycles. The number of amides is 2. The number of pyridine rings is 1. The Morgan fingerprint density at radius 2 is 1.86 bits per heavy atom. The van der Waals surface area contributed by atoms with Crippen LogP contribution in [0.4, 0.5) is 18.9 Å². The van der Waals surface area contributed by atoms with Gasteiger partial charge in [0.15, 0.2) is 0 Å². The summed E-state index contributed by atoms with van der Waals surface area (Å²) in [7, 11) is 1.51. The highest BCUT2D eigenvalue weighted by Crippen LogP contribution is 2.34. The zero-order chi connectivity index (χ0) is 25.9. The summed E-state index contributed by atoms with van der Waals surface area (Å²) in [4.78, 5) is 28.8. The van der Waals surface area contributed by atoms with Crippen molar-refractivity contribution < 1.29 is 27.5 Å². The van der Waals surface area contributed by atoms with Crippen molar-refractivity contribution in [3.05, 3.63) is 82.7 Å². The molecule has 0 unspecified atom stereocenters. The van der Waals surface area contributed by atoms with Crippen LogP contribution in [0.25, 0.3) is 0 Å². The van der Waals surface area contributed by atoms with Gasteiger partial charge < -0.3 is 21.1 Å². The summed E-state index contributed by atoms with van der Waals surface area (Å²) >= 11 is 0. The molecule has 3 aromatic rings. The van der Waals surface area contributed by atoms with Crippen LogP contribution >= 0.6 is 0 Å². The predicted octanol–water partition coefficient (Wildman–Crippen LogP) is 4.45. The molecule has 0 saturated heterocycles. The first-order valence-electron chi connectivity index (χ1n) is 11.4. The number of aryl methyl sites for hydroxylation is 1. The summed E-state index contributed by atoms with van der Waals surface area (Å²) in [6, 6.07) is 12.1. The summed E-state index contributed by atoms with van der Waals surface area (Å²) in [6.45, 7) is -0.0749. The fourth-order valence-electron chi connectivity index (χ4n) is 4.17. The van der Waals surface area contributed by atoms with Crippen molar-refractivity contribution >= 4 is 17.5 Å². The molecular formula is C26H25F3N4O3. The molecule has 1 aliphatic carbocycles. The van der Waals surface area contributed by atoms with Crippen LogP contribution in [0, 0.1) is 5.92 Å². The second-order valence-electron chi connectivity index (χ2n) is 8.54. The number of alkyl halides is 3. The number of fused-ring (bicyclic) bond motifs is 1. The number of ether oxygens (including phenoxy) is 1. The number of rotatable bonds is 6. The van der Waals surface area contributed by atoms with E-state index in [0.717, 1.165) is 23.3 Å². The van der Waals surface area contributed by atoms with E-state index in [1.165, 1.54) is 25.4 Å². The van der Waals surface area contributed by atoms with Crippen LogP contribution in [0.2, 0.25) is 0 Å². The molecule has 10 heteroatoms. The van der Waals surface area contributed by atoms with Gasteiger partial charge in [-0.2, -0.15) is 13.2 Å². The fraction of sp³-hybridized carbons (Fsp3) is 0.269. The fourth-order valence-corrected chi connectivity index (χ4v) is 4.17. The number of hydrogen-bond donors (Lipinski definition) is 3. The molecule has 0 fully saturated rings. The Hall–Kier alpha value is -3.92. The van der Waals surface area contributed by atoms with Gasteiger partial charge in [0.1, 0.15) is 17.2 Å². The molecular weight excluding hydrogens is 473 g/mol. The maximum absolute atomic E-state index is 13.2. The van der Waals surface area contributed by atoms with Crippen LogP contribution in [0.15, 0.2) is 54.7 Å². The van der Waals surface area contributed by atoms with Crippen molar-refractivity contribution in [2.45, 2.75) is 32.0 Å². The van der Waals surface area contributed by atoms with E-state index in [1.54, 1.807) is 6.07 Å². The lowest BCUT2D eigenvalue weighted by Gasteiger charge is -2.25. The number of hydrogen-bond acceptors (Lipinski definition) is 5. The van der Waals surface area contributed by atoms with Crippen LogP contribution in [-0.2, 0) is 30.4 Å². The van der Waals surface area contributed by atoms with E-state index < -0.39 is 17.7 Å². The van der Waals surface area contributed by atoms with E-state index >= 15 is 0 Å². The number of anilines is 1. The summed E-state index contributed by atoms with van der Waals surface area (Å²) in [5, 5.41) is 5.14. The summed E-state index contributed by atoms with van der Waals surface area (Å²) < 4.78 is 45.6. The molecule has 2 amide bonds. The van der Waals surface area contributed by atoms with Crippen LogP contribution in [0.1, 0.15) is 39.2 Å². The smallest absolute Gasteiger partial charge is 0.416 e. The van der Waals surface area contributed by atoms with Gasteiger partial charge in [0.05, 0.1) is 5.56 Å². The van der Waals surface area contributed by atoms with Crippen LogP contribution in [0.3, 0.4) is 0 Å². The highest BCUT2D eigenvalue weighted by molar-refractivity contribution is 5.93. The lowest BCUT2D eigenvalue weighted by Crippen LogP contribution is -2.28. The Bertz CT molecular complexity index is 1290. The van der Waals surface area contributed by atoms with Crippen molar-refractivity contribution in [3.63, 3.8) is 0 Å². The molecule has 4 N–H and O–H groups in total. The molecule has 7 nitrogen and oxygen atoms in total. The predicted molar refractivity (Wildman–Crippen MR) is 128 cm³/mol. The monoisotopic (exact) mass is 498 g/mol. The standard InChI is InChI=1S/C26H25F3N4O3/c1-31-25(35)23-13-22(6-7-32-23)36-21-5-4-16-2-3-17(10-18(16)11-21)24(34)33-20-9-15(14-30)8-19(12-20)26(27,28)29/h4-9,11-13,17H,2-3,10,14,30H2,1H3,(H,31,35)(H,33,34)/t17-/m1/s1. The Morgan fingerprint density at radius 3 is 2.58 bits per heavy atom. The minimum Gasteiger partial charge on any atom is -0.457 e. The van der Waals surface area contributed by atoms with Crippen LogP contribution in [0.5, 0.6) is 11.5 Å². The van der Waals surface area contributed by atoms with E-state index in [1.807, 2.05) is 18.2 Å². The average molecular weight is 499 g/mol. The summed E-state index contributed by atoms with van der Waals surface area (Å²) in [6.07, 6.45) is -1.42. The Kier molecular flexibility index (Phi) is 7.25. The number of carbonyl (C=O) groups excluding carboxylic acids is 2. The lowest BCUT2D eigenvalue weighted by atomic mass is 9.83. The number of nitrogens with zero attached hydrogens (tertiary/aromatic N) is 1. The molecule has 4 rings (SSSR count). The molecule has 188 valence electrons. The summed E-state index contributed by atoms with van der Waals surface area (Å²) in [5.41, 5.74) is 7.27. The third-order valence-corrected chi connectivity index (χ3v) is 6.03. The molecule has 2 aromatic carbocycles. The lowest BCUT2D eigenvalue weighted by molar-refractivity contribution is -0.137. The zero-order valence-corrected chi connectivity index (χ0v) is 19.5. The first kappa shape index (κ1) is 25.2. The van der Waals surface area contributed by atoms with Crippen molar-refractivity contribution in [2.24, 2.45) is 11.7 Å². The molecule has 1 aliphatic rings. The van der Waals surface area contributed by atoms with Gasteiger partial charge in [0.2, 0.25) is 5.91 Å². The SMILES string of the molecule is CNC(=O)c1cc(Oc2ccc3c(c2)C[C@H](C(=O)Nc2cc(CN)cc(C(F)(F)F)c2)CC3)ccn1. The molecule has 1 atom stereocenters. The van der Waals surface area contributed by atoms with E-state index in [9.17, 15) is 22.8 Å². The topological polar surface area (TPSA) is 106 Å². The molecule has 1 aromatic heterocycles. The Morgan fingerprint density at radius 1 is 1.08 bits per heavy atom. The number of nitrogens with one attached hydrogen (secondary N) is 2. The van der Waals surface area contributed by atoms with Gasteiger partial charge in [-0.15, -0.1) is 0 Å². The number of carbonyl (C=O) groups is 2. The minimum atomic E-state index is -4.54. The Balaban J connectivity index is 1.48. The van der Waals surface area contributed by atoms with Gasteiger partial charge in [-0.1, -0.05) is 6.07 Å². The molecule has 0 aliphatic heterocycles. The third-order valence-electron chi connectivity index (χ3n) is 6.03. The van der Waals surface area contributed by atoms with Crippen molar-refractivity contribution in [3.8, 4) is 11.5 Å². The normalized spacial score (nSPS) is 15.1. The first-order valence-corrected chi connectivity index (χ1v) is 11.4. The summed E-state index contributed by atoms with van der Waals surface area (Å²) in [5.74, 6) is -0.120. The largest absolute Gasteiger partial charge is 0.457 e. The second-order valence-corrected chi connectivity index (χ2v) is 8.54. The number of benzene rings is 2. The van der Waals surface area contributed by atoms with Gasteiger partial charge in [0.25, 0.3) is 5.91 Å². The number of halogens is 3. The molecule has 1 heterocycles. The highest BCUT2D eigenvalue weighted by Gasteiger charge is 2.32. The number of nitrogens with two attached hydrogens (primary N) is 1. The molecule has 0 radical (unpaired) electrons. The van der Waals surface area contributed by atoms with Gasteiger partial charge in [0, 0.05) is 37.5 Å². The molecule has 0 spiro atoms. The second kappa shape index (κ2) is 10.4. The van der Waals surface area contributed by atoms with Gasteiger partial charge in [-0.05, 0) is 72.4 Å². The third kappa shape index (κ3) is 5.83. The highest BCUT2D eigenvalue weighted by atomic mass is 19.4. The van der Waals surface area contributed by atoms with E-state index in [4.69, 9.17) is 10.5 Å². The van der Waals surface area contributed by atoms with Crippen molar-refractivity contribution in [2.75, 3.05) is 12.4 Å². The van der Waals surface area contributed by atoms with E-state index in [0.29, 0.717) is 30.8 Å². The van der Waals surface area contributed by atoms with E-state index in [2.05, 4.69) is 15.6 Å². The maximum Gasteiger partial charge on any atom is 0.416 e. The Labute approximate surface area is 205 Å². The van der Waals surface area contributed by atoms with Gasteiger partial charge >= 0.3 is 6.18 Å². The van der Waals surface area contributed by atoms with Crippen LogP contribution in [-0.4, -0.2) is 23.8 Å². The van der Waals surface area contributed by atoms with Gasteiger partial charge in [-0.25, -0.2) is 0 Å². The maximum atomic E-state index is 13.2. The van der Waals surface area contributed by atoms with E-state index in [-0.39, 0.29) is 35.3 Å². The van der Waals surface area contributed by atoms with Crippen LogP contribution < -0.4 is 21.1 Å². The van der Waals surface area contributed by atoms with Crippen molar-refractivity contribution in [1.82, 2.24) is 10.3 Å². The number of aromatic nitrogens is 1. The quantitative estimate of drug-likeness (QED) is 0.466.